The SMILES string of the molecule is CN(C)C(=O)CN1Cc2c(c(O)c3ncc(Cc4ccc(F)cc4)cc3c2N(C)S(C)(=O)=O)C1=O.COc1ccc(COc2c3c(c(N(C)S(C)(=O)=O)c4cc(Cc5ccc(F)cc5)cnc24)CN(CC(=O)N(C)C)C3=O)cc1.COc1ccc(COc2c3c(c(N(C)S(C)(=O)=O)c4cc(Cc5ccc(F)cc5)cnc24)CN(CC(=O)O)C3=O)cc1. The van der Waals surface area contributed by atoms with Gasteiger partial charge >= 0.3 is 5.97 Å². The van der Waals surface area contributed by atoms with Crippen LogP contribution >= 0.6 is 0 Å². The van der Waals surface area contributed by atoms with Gasteiger partial charge in [0.25, 0.3) is 17.7 Å². The number of rotatable bonds is 26. The summed E-state index contributed by atoms with van der Waals surface area (Å²) in [7, 11) is 2.28. The van der Waals surface area contributed by atoms with Crippen molar-refractivity contribution in [2.75, 3.05) is 115 Å². The molecule has 3 aliphatic rings. The lowest BCUT2D eigenvalue weighted by atomic mass is 9.98. The Morgan fingerprint density at radius 3 is 0.992 bits per heavy atom. The highest BCUT2D eigenvalue weighted by atomic mass is 32.2. The van der Waals surface area contributed by atoms with Crippen molar-refractivity contribution in [3.8, 4) is 28.7 Å². The van der Waals surface area contributed by atoms with Gasteiger partial charge in [0.2, 0.25) is 41.9 Å². The molecular weight excluding hydrogens is 1630 g/mol. The van der Waals surface area contributed by atoms with E-state index >= 15 is 0 Å². The first-order valence-corrected chi connectivity index (χ1v) is 42.9. The van der Waals surface area contributed by atoms with Gasteiger partial charge in [0.05, 0.1) is 66.7 Å². The topological polar surface area (TPSA) is 347 Å². The third-order valence-corrected chi connectivity index (χ3v) is 24.3. The van der Waals surface area contributed by atoms with Gasteiger partial charge in [0.15, 0.2) is 17.2 Å². The molecule has 632 valence electrons. The number of carboxylic acid groups (broad SMARTS) is 1. The number of aromatic nitrogens is 3. The van der Waals surface area contributed by atoms with E-state index in [1.807, 2.05) is 18.2 Å². The number of aliphatic carboxylic acids is 1. The highest BCUT2D eigenvalue weighted by molar-refractivity contribution is 7.92. The number of phenolic OH excluding ortho intramolecular Hbond substituents is 1. The number of hydrogen-bond donors (Lipinski definition) is 2. The van der Waals surface area contributed by atoms with Gasteiger partial charge in [-0.15, -0.1) is 0 Å². The number of likely N-dealkylation sites (N-methyl/N-ethyl adjacent to an activating group) is 2. The van der Waals surface area contributed by atoms with Crippen LogP contribution in [0.15, 0.2) is 158 Å². The van der Waals surface area contributed by atoms with Gasteiger partial charge in [-0.2, -0.15) is 0 Å². The second kappa shape index (κ2) is 35.4. The molecule has 0 unspecified atom stereocenters. The van der Waals surface area contributed by atoms with Gasteiger partial charge in [-0.05, 0) is 143 Å². The van der Waals surface area contributed by atoms with E-state index in [0.717, 1.165) is 70.0 Å². The number of carbonyl (C=O) groups excluding carboxylic acids is 5. The Kier molecular flexibility index (Phi) is 25.5. The van der Waals surface area contributed by atoms with Crippen LogP contribution in [0.25, 0.3) is 32.7 Å². The van der Waals surface area contributed by atoms with Crippen molar-refractivity contribution in [2.24, 2.45) is 0 Å². The molecule has 6 heterocycles. The minimum atomic E-state index is -3.81. The van der Waals surface area contributed by atoms with Crippen molar-refractivity contribution in [3.63, 3.8) is 0 Å². The number of halogens is 3. The number of hydrogen-bond acceptors (Lipinski definition) is 20. The number of fused-ring (bicyclic) bond motifs is 6. The third kappa shape index (κ3) is 19.1. The van der Waals surface area contributed by atoms with Crippen LogP contribution in [0, 0.1) is 17.5 Å². The summed E-state index contributed by atoms with van der Waals surface area (Å²) in [6.07, 6.45) is 9.10. The van der Waals surface area contributed by atoms with Crippen LogP contribution in [0.3, 0.4) is 0 Å². The number of methoxy groups -OCH3 is 2. The number of carbonyl (C=O) groups is 6. The Balaban J connectivity index is 0.000000167. The molecule has 0 aliphatic carbocycles. The van der Waals surface area contributed by atoms with Crippen LogP contribution in [-0.2, 0) is 96.6 Å². The predicted octanol–water partition coefficient (Wildman–Crippen LogP) is 10.1. The summed E-state index contributed by atoms with van der Waals surface area (Å²) in [5.74, 6) is -3.19. The van der Waals surface area contributed by atoms with Crippen LogP contribution in [0.1, 0.15) is 92.3 Å². The molecule has 14 rings (SSSR count). The number of anilines is 3. The first-order valence-electron chi connectivity index (χ1n) is 37.4. The second-order valence-electron chi connectivity index (χ2n) is 29.7. The molecule has 0 saturated carbocycles. The summed E-state index contributed by atoms with van der Waals surface area (Å²) in [5.41, 5.74) is 8.81. The molecule has 0 saturated heterocycles. The molecule has 0 spiro atoms. The lowest BCUT2D eigenvalue weighted by Crippen LogP contribution is -2.36. The quantitative estimate of drug-likeness (QED) is 0.0509. The number of nitrogens with zero attached hydrogens (tertiary/aromatic N) is 11. The summed E-state index contributed by atoms with van der Waals surface area (Å²) in [6, 6.07) is 37.8. The third-order valence-electron chi connectivity index (χ3n) is 20.7. The largest absolute Gasteiger partial charge is 0.505 e. The lowest BCUT2D eigenvalue weighted by molar-refractivity contribution is -0.137. The Bertz CT molecular complexity index is 6300. The highest BCUT2D eigenvalue weighted by Gasteiger charge is 2.43. The Hall–Kier alpha value is -13.2. The average molecular weight is 1710 g/mol. The highest BCUT2D eigenvalue weighted by Crippen LogP contribution is 2.49. The zero-order chi connectivity index (χ0) is 87.6. The van der Waals surface area contributed by atoms with Crippen LogP contribution in [-0.4, -0.2) is 212 Å². The van der Waals surface area contributed by atoms with Gasteiger partial charge in [-0.3, -0.25) is 56.6 Å². The normalized spacial score (nSPS) is 13.0. The Morgan fingerprint density at radius 2 is 0.694 bits per heavy atom. The number of ether oxygens (including phenoxy) is 4. The lowest BCUT2D eigenvalue weighted by Gasteiger charge is -2.24. The maximum Gasteiger partial charge on any atom is 0.323 e. The molecule has 0 fully saturated rings. The van der Waals surface area contributed by atoms with Crippen molar-refractivity contribution in [1.82, 2.24) is 39.5 Å². The summed E-state index contributed by atoms with van der Waals surface area (Å²) < 4.78 is 143. The maximum atomic E-state index is 13.9. The van der Waals surface area contributed by atoms with E-state index in [-0.39, 0.29) is 137 Å². The maximum absolute atomic E-state index is 13.9. The number of phenols is 1. The van der Waals surface area contributed by atoms with Crippen molar-refractivity contribution < 1.29 is 96.4 Å². The molecule has 0 bridgehead atoms. The number of aromatic hydroxyl groups is 1. The molecule has 11 aromatic rings. The van der Waals surface area contributed by atoms with E-state index in [2.05, 4.69) is 9.97 Å². The molecule has 0 radical (unpaired) electrons. The molecular formula is C86H86F3N11O18S3. The van der Waals surface area contributed by atoms with Crippen molar-refractivity contribution >= 4 is 115 Å². The van der Waals surface area contributed by atoms with E-state index in [9.17, 15) is 77.4 Å². The van der Waals surface area contributed by atoms with Crippen LogP contribution in [0.4, 0.5) is 30.2 Å². The molecule has 8 aromatic carbocycles. The number of sulfonamides is 3. The fourth-order valence-corrected chi connectivity index (χ4v) is 15.8. The smallest absolute Gasteiger partial charge is 0.323 e. The fourth-order valence-electron chi connectivity index (χ4n) is 14.2. The summed E-state index contributed by atoms with van der Waals surface area (Å²) >= 11 is 0. The molecule has 2 N–H and O–H groups in total. The minimum Gasteiger partial charge on any atom is -0.505 e. The van der Waals surface area contributed by atoms with E-state index in [4.69, 9.17) is 23.9 Å². The predicted molar refractivity (Wildman–Crippen MR) is 448 cm³/mol. The van der Waals surface area contributed by atoms with E-state index in [1.54, 1.807) is 140 Å². The second-order valence-corrected chi connectivity index (χ2v) is 35.7. The van der Waals surface area contributed by atoms with Gasteiger partial charge in [-0.1, -0.05) is 60.7 Å². The number of benzene rings is 8. The fraction of sp³-hybridized carbons (Fsp3) is 0.267. The molecule has 3 aromatic heterocycles. The van der Waals surface area contributed by atoms with E-state index < -0.39 is 60.3 Å². The standard InChI is InChI=1S/C32H33FN4O6S.C30H28FN3O7S.C24H25FN4O5S/c1-35(2)27(38)18-37-17-26-28(32(37)39)31(43-19-21-8-12-24(42-4)13-9-21)29-25(30(26)36(3)44(5,40)41)15-22(16-34-29)14-20-6-10-23(33)11-7-20;1-33(42(3,38)39)28-23-13-20(12-18-4-8-21(31)9-5-18)14-32-27(23)29(41-17-19-6-10-22(40-2)11-7-19)26-24(28)15-34(30(26)37)16-25(35)36;1-27(2)19(30)13-29-12-18-20(24(29)32)23(31)21-17(22(18)28(3)35(4,33)34)10-15(11-26-21)9-14-5-7-16(25)8-6-14/h6-13,15-16H,14,17-19H2,1-5H3;4-11,13-14H,12,15-17H2,1-3H3,(H,35,36);5-8,10-11,31H,9,12-13H2,1-4H3. The van der Waals surface area contributed by atoms with Crippen molar-refractivity contribution in [2.45, 2.75) is 52.1 Å². The molecule has 5 amide bonds. The molecule has 29 nitrogen and oxygen atoms in total. The number of amides is 5. The van der Waals surface area contributed by atoms with Crippen molar-refractivity contribution in [3.05, 3.63) is 253 Å². The van der Waals surface area contributed by atoms with E-state index in [1.165, 1.54) is 83.3 Å². The minimum absolute atomic E-state index is 0.0000342. The van der Waals surface area contributed by atoms with Gasteiger partial charge in [-0.25, -0.2) is 38.4 Å². The zero-order valence-corrected chi connectivity index (χ0v) is 70.4. The summed E-state index contributed by atoms with van der Waals surface area (Å²) in [4.78, 5) is 97.3. The zero-order valence-electron chi connectivity index (χ0n) is 68.0. The Labute approximate surface area is 696 Å². The molecule has 121 heavy (non-hydrogen) atoms. The van der Waals surface area contributed by atoms with Crippen molar-refractivity contribution in [1.29, 1.82) is 0 Å². The van der Waals surface area contributed by atoms with Gasteiger partial charge in [0, 0.05) is 120 Å². The van der Waals surface area contributed by atoms with Crippen LogP contribution in [0.2, 0.25) is 0 Å². The summed E-state index contributed by atoms with van der Waals surface area (Å²) in [5, 5.41) is 21.7. The van der Waals surface area contributed by atoms with Crippen LogP contribution in [0.5, 0.6) is 28.7 Å². The van der Waals surface area contributed by atoms with Crippen LogP contribution < -0.4 is 31.9 Å². The molecule has 35 heteroatoms. The van der Waals surface area contributed by atoms with Gasteiger partial charge < -0.3 is 53.7 Å². The first kappa shape index (κ1) is 87.2. The molecule has 0 atom stereocenters. The summed E-state index contributed by atoms with van der Waals surface area (Å²) in [6.45, 7) is -1.02. The average Bonchev–Trinajstić information content (AvgIpc) is 1.64. The number of carboxylic acids is 1. The monoisotopic (exact) mass is 1710 g/mol. The number of pyridine rings is 3. The molecule has 3 aliphatic heterocycles. The Morgan fingerprint density at radius 1 is 0.413 bits per heavy atom. The van der Waals surface area contributed by atoms with Gasteiger partial charge in [0.1, 0.15) is 78.3 Å². The van der Waals surface area contributed by atoms with E-state index in [0.29, 0.717) is 80.3 Å². The first-order chi connectivity index (χ1) is 57.2.